The molecule has 3 rings (SSSR count). The summed E-state index contributed by atoms with van der Waals surface area (Å²) in [7, 11) is 0. The van der Waals surface area contributed by atoms with Crippen LogP contribution in [-0.2, 0) is 14.4 Å². The summed E-state index contributed by atoms with van der Waals surface area (Å²) >= 11 is 0. The third-order valence-electron chi connectivity index (χ3n) is 6.12. The van der Waals surface area contributed by atoms with Gasteiger partial charge in [0.05, 0.1) is 23.8 Å². The number of carbonyl (C=O) groups excluding carboxylic acids is 3. The maximum absolute atomic E-state index is 12.7. The molecule has 160 valence electrons. The van der Waals surface area contributed by atoms with Crippen molar-refractivity contribution in [1.82, 2.24) is 20.9 Å². The van der Waals surface area contributed by atoms with Gasteiger partial charge in [0.15, 0.2) is 5.96 Å². The fourth-order valence-corrected chi connectivity index (χ4v) is 4.56. The van der Waals surface area contributed by atoms with Crippen LogP contribution in [0.15, 0.2) is 17.1 Å². The van der Waals surface area contributed by atoms with Crippen molar-refractivity contribution >= 4 is 23.7 Å². The first-order chi connectivity index (χ1) is 13.8. The Bertz CT molecular complexity index is 700. The Labute approximate surface area is 172 Å². The van der Waals surface area contributed by atoms with Crippen LogP contribution < -0.4 is 16.0 Å². The molecule has 0 radical (unpaired) electrons. The molecule has 29 heavy (non-hydrogen) atoms. The number of aliphatic imine (C=N–C) groups is 1. The largest absolute Gasteiger partial charge is 0.357 e. The number of nitrogens with one attached hydrogen (secondary N) is 3. The van der Waals surface area contributed by atoms with E-state index in [0.717, 1.165) is 6.42 Å². The molecule has 0 aromatic heterocycles. The Kier molecular flexibility index (Phi) is 6.29. The fraction of sp³-hybridized carbons (Fsp3) is 0.714. The molecule has 3 amide bonds. The summed E-state index contributed by atoms with van der Waals surface area (Å²) in [5.74, 6) is 0.628. The highest BCUT2D eigenvalue weighted by Gasteiger charge is 2.58. The average molecular weight is 404 g/mol. The monoisotopic (exact) mass is 403 g/mol. The number of hydrogen-bond donors (Lipinski definition) is 3. The fourth-order valence-electron chi connectivity index (χ4n) is 4.56. The van der Waals surface area contributed by atoms with E-state index in [1.807, 2.05) is 27.7 Å². The van der Waals surface area contributed by atoms with E-state index < -0.39 is 5.41 Å². The van der Waals surface area contributed by atoms with Crippen LogP contribution >= 0.6 is 0 Å². The Hall–Kier alpha value is -2.38. The van der Waals surface area contributed by atoms with Crippen molar-refractivity contribution in [3.63, 3.8) is 0 Å². The van der Waals surface area contributed by atoms with Crippen molar-refractivity contribution in [3.8, 4) is 0 Å². The highest BCUT2D eigenvalue weighted by atomic mass is 16.2. The second-order valence-corrected chi connectivity index (χ2v) is 8.69. The predicted octanol–water partition coefficient (Wildman–Crippen LogP) is 0.511. The van der Waals surface area contributed by atoms with Gasteiger partial charge in [0.25, 0.3) is 0 Å². The number of imide groups is 1. The van der Waals surface area contributed by atoms with Crippen molar-refractivity contribution in [3.05, 3.63) is 12.2 Å². The lowest BCUT2D eigenvalue weighted by Crippen LogP contribution is -2.45. The number of hydrogen-bond acceptors (Lipinski definition) is 4. The summed E-state index contributed by atoms with van der Waals surface area (Å²) in [6, 6.07) is 0. The quantitative estimate of drug-likeness (QED) is 0.237. The normalized spacial score (nSPS) is 28.1. The first-order valence-corrected chi connectivity index (χ1v) is 10.6. The van der Waals surface area contributed by atoms with Crippen molar-refractivity contribution in [2.75, 3.05) is 32.7 Å². The van der Waals surface area contributed by atoms with Crippen LogP contribution in [0.4, 0.5) is 0 Å². The van der Waals surface area contributed by atoms with Gasteiger partial charge in [-0.05, 0) is 46.0 Å². The molecule has 4 unspecified atom stereocenters. The minimum absolute atomic E-state index is 0.0297. The van der Waals surface area contributed by atoms with Crippen molar-refractivity contribution < 1.29 is 14.4 Å². The molecule has 0 spiro atoms. The van der Waals surface area contributed by atoms with Crippen LogP contribution in [0.5, 0.6) is 0 Å². The molecular formula is C21H33N5O3. The molecule has 0 aromatic carbocycles. The van der Waals surface area contributed by atoms with Crippen LogP contribution in [-0.4, -0.2) is 61.3 Å². The summed E-state index contributed by atoms with van der Waals surface area (Å²) in [6.45, 7) is 9.90. The highest BCUT2D eigenvalue weighted by molar-refractivity contribution is 6.06. The van der Waals surface area contributed by atoms with Gasteiger partial charge in [-0.25, -0.2) is 0 Å². The van der Waals surface area contributed by atoms with Gasteiger partial charge < -0.3 is 16.0 Å². The molecular weight excluding hydrogens is 370 g/mol. The summed E-state index contributed by atoms with van der Waals surface area (Å²) in [6.07, 6.45) is 5.15. The number of guanidine groups is 1. The lowest BCUT2D eigenvalue weighted by Gasteiger charge is -2.22. The van der Waals surface area contributed by atoms with E-state index >= 15 is 0 Å². The maximum atomic E-state index is 12.7. The van der Waals surface area contributed by atoms with E-state index in [-0.39, 0.29) is 41.4 Å². The van der Waals surface area contributed by atoms with Gasteiger partial charge in [-0.15, -0.1) is 0 Å². The van der Waals surface area contributed by atoms with E-state index in [2.05, 4.69) is 33.1 Å². The highest BCUT2D eigenvalue weighted by Crippen LogP contribution is 2.52. The number of allylic oxidation sites excluding steroid dienone is 2. The molecule has 2 bridgehead atoms. The molecule has 8 nitrogen and oxygen atoms in total. The van der Waals surface area contributed by atoms with Crippen molar-refractivity contribution in [2.45, 2.75) is 34.1 Å². The summed E-state index contributed by atoms with van der Waals surface area (Å²) < 4.78 is 0. The van der Waals surface area contributed by atoms with E-state index in [0.29, 0.717) is 38.7 Å². The minimum Gasteiger partial charge on any atom is -0.357 e. The Morgan fingerprint density at radius 2 is 1.66 bits per heavy atom. The number of likely N-dealkylation sites (tertiary alicyclic amines) is 1. The number of carbonyl (C=O) groups is 3. The van der Waals surface area contributed by atoms with Crippen LogP contribution in [0.3, 0.4) is 0 Å². The third-order valence-corrected chi connectivity index (χ3v) is 6.12. The topological polar surface area (TPSA) is 103 Å². The molecule has 2 aliphatic carbocycles. The molecule has 1 heterocycles. The lowest BCUT2D eigenvalue weighted by atomic mass is 9.85. The SMILES string of the molecule is CCNC(=O)C(C)(C)CN=C(NCC)NCCN1C(=O)C2C3C=CC(C3)C2C1=O. The van der Waals surface area contributed by atoms with E-state index in [1.54, 1.807) is 0 Å². The smallest absolute Gasteiger partial charge is 0.233 e. The number of amides is 3. The van der Waals surface area contributed by atoms with Gasteiger partial charge in [0.1, 0.15) is 0 Å². The van der Waals surface area contributed by atoms with Gasteiger partial charge in [0.2, 0.25) is 17.7 Å². The summed E-state index contributed by atoms with van der Waals surface area (Å²) in [5, 5.41) is 9.16. The Morgan fingerprint density at radius 1 is 1.07 bits per heavy atom. The van der Waals surface area contributed by atoms with Crippen molar-refractivity contribution in [1.29, 1.82) is 0 Å². The average Bonchev–Trinajstić information content (AvgIpc) is 3.35. The van der Waals surface area contributed by atoms with Crippen molar-refractivity contribution in [2.24, 2.45) is 34.1 Å². The minimum atomic E-state index is -0.622. The van der Waals surface area contributed by atoms with Crippen LogP contribution in [0.25, 0.3) is 0 Å². The molecule has 4 atom stereocenters. The van der Waals surface area contributed by atoms with Crippen LogP contribution in [0.2, 0.25) is 0 Å². The van der Waals surface area contributed by atoms with Gasteiger partial charge in [0, 0.05) is 26.2 Å². The number of fused-ring (bicyclic) bond motifs is 5. The first kappa shape index (κ1) is 21.3. The van der Waals surface area contributed by atoms with E-state index in [1.165, 1.54) is 4.90 Å². The molecule has 1 aliphatic heterocycles. The van der Waals surface area contributed by atoms with Gasteiger partial charge in [-0.3, -0.25) is 24.3 Å². The molecule has 8 heteroatoms. The standard InChI is InChI=1S/C21H33N5O3/c1-5-22-19(29)21(3,4)12-25-20(23-6-2)24-9-10-26-17(27)15-13-7-8-14(11-13)16(15)18(26)28/h7-8,13-16H,5-6,9-12H2,1-4H3,(H,22,29)(H2,23,24,25). The zero-order valence-electron chi connectivity index (χ0n) is 17.8. The molecule has 3 N–H and O–H groups in total. The lowest BCUT2D eigenvalue weighted by molar-refractivity contribution is -0.140. The van der Waals surface area contributed by atoms with Gasteiger partial charge >= 0.3 is 0 Å². The maximum Gasteiger partial charge on any atom is 0.233 e. The van der Waals surface area contributed by atoms with Crippen LogP contribution in [0, 0.1) is 29.1 Å². The predicted molar refractivity (Wildman–Crippen MR) is 111 cm³/mol. The molecule has 0 aromatic rings. The van der Waals surface area contributed by atoms with E-state index in [4.69, 9.17) is 0 Å². The molecule has 1 saturated heterocycles. The number of rotatable bonds is 8. The number of nitrogens with zero attached hydrogens (tertiary/aromatic N) is 2. The zero-order chi connectivity index (χ0) is 21.2. The van der Waals surface area contributed by atoms with E-state index in [9.17, 15) is 14.4 Å². The van der Waals surface area contributed by atoms with Crippen LogP contribution in [0.1, 0.15) is 34.1 Å². The zero-order valence-corrected chi connectivity index (χ0v) is 17.8. The Balaban J connectivity index is 1.54. The van der Waals surface area contributed by atoms with Gasteiger partial charge in [-0.2, -0.15) is 0 Å². The van der Waals surface area contributed by atoms with Gasteiger partial charge in [-0.1, -0.05) is 12.2 Å². The molecule has 2 fully saturated rings. The summed E-state index contributed by atoms with van der Waals surface area (Å²) in [4.78, 5) is 43.5. The first-order valence-electron chi connectivity index (χ1n) is 10.6. The second kappa shape index (κ2) is 8.55. The Morgan fingerprint density at radius 3 is 2.21 bits per heavy atom. The third kappa shape index (κ3) is 4.16. The molecule has 3 aliphatic rings. The molecule has 1 saturated carbocycles. The summed E-state index contributed by atoms with van der Waals surface area (Å²) in [5.41, 5.74) is -0.622. The second-order valence-electron chi connectivity index (χ2n) is 8.69.